The smallest absolute Gasteiger partial charge is 0.224 e. The summed E-state index contributed by atoms with van der Waals surface area (Å²) in [5.74, 6) is 0.558. The number of carbonyl (C=O) groups is 1. The highest BCUT2D eigenvalue weighted by Gasteiger charge is 2.15. The van der Waals surface area contributed by atoms with Crippen LogP contribution in [0.15, 0.2) is 54.6 Å². The molecule has 0 spiro atoms. The van der Waals surface area contributed by atoms with Crippen molar-refractivity contribution in [3.63, 3.8) is 0 Å². The van der Waals surface area contributed by atoms with E-state index in [-0.39, 0.29) is 12.5 Å². The van der Waals surface area contributed by atoms with Crippen molar-refractivity contribution >= 4 is 16.9 Å². The van der Waals surface area contributed by atoms with Crippen LogP contribution in [0.1, 0.15) is 30.3 Å². The van der Waals surface area contributed by atoms with Crippen LogP contribution in [0.4, 0.5) is 0 Å². The number of amides is 1. The average Bonchev–Trinajstić information content (AvgIpc) is 3.08. The molecule has 142 valence electrons. The Hall–Kier alpha value is -2.70. The molecule has 2 aromatic carbocycles. The topological polar surface area (TPSA) is 78.6 Å². The Morgan fingerprint density at radius 3 is 2.59 bits per heavy atom. The van der Waals surface area contributed by atoms with Crippen molar-refractivity contribution in [3.8, 4) is 0 Å². The number of carbonyl (C=O) groups excluding carboxylic acids is 1. The normalized spacial score (nSPS) is 12.3. The van der Waals surface area contributed by atoms with Crippen LogP contribution in [0, 0.1) is 0 Å². The molecule has 6 nitrogen and oxygen atoms in total. The van der Waals surface area contributed by atoms with E-state index in [2.05, 4.69) is 4.98 Å². The second-order valence-corrected chi connectivity index (χ2v) is 6.61. The van der Waals surface area contributed by atoms with Crippen LogP contribution >= 0.6 is 0 Å². The van der Waals surface area contributed by atoms with Crippen LogP contribution in [0.3, 0.4) is 0 Å². The molecule has 0 aliphatic rings. The van der Waals surface area contributed by atoms with Crippen molar-refractivity contribution in [2.75, 3.05) is 13.6 Å². The van der Waals surface area contributed by atoms with Crippen molar-refractivity contribution in [2.45, 2.75) is 32.1 Å². The maximum Gasteiger partial charge on any atom is 0.224 e. The Balaban J connectivity index is 1.56. The number of aliphatic hydroxyl groups is 2. The van der Waals surface area contributed by atoms with Gasteiger partial charge in [-0.3, -0.25) is 4.79 Å². The molecule has 1 aromatic heterocycles. The molecule has 0 saturated heterocycles. The lowest BCUT2D eigenvalue weighted by Crippen LogP contribution is -2.29. The first-order valence-corrected chi connectivity index (χ1v) is 9.12. The minimum absolute atomic E-state index is 0.00284. The number of nitrogens with zero attached hydrogens (tertiary/aromatic N) is 3. The van der Waals surface area contributed by atoms with E-state index in [0.29, 0.717) is 31.8 Å². The first kappa shape index (κ1) is 19.1. The molecule has 0 bridgehead atoms. The van der Waals surface area contributed by atoms with Crippen LogP contribution in [-0.4, -0.2) is 44.2 Å². The fourth-order valence-corrected chi connectivity index (χ4v) is 3.18. The molecule has 1 heterocycles. The predicted molar refractivity (Wildman–Crippen MR) is 104 cm³/mol. The molecule has 0 aliphatic carbocycles. The van der Waals surface area contributed by atoms with Gasteiger partial charge in [-0.1, -0.05) is 42.5 Å². The van der Waals surface area contributed by atoms with Gasteiger partial charge in [-0.2, -0.15) is 0 Å². The number of rotatable bonds is 8. The number of imidazole rings is 1. The number of fused-ring (bicyclic) bond motifs is 1. The van der Waals surface area contributed by atoms with Gasteiger partial charge in [0, 0.05) is 26.6 Å². The monoisotopic (exact) mass is 367 g/mol. The summed E-state index contributed by atoms with van der Waals surface area (Å²) < 4.78 is 1.89. The maximum atomic E-state index is 12.5. The number of hydrogen-bond acceptors (Lipinski definition) is 4. The Kier molecular flexibility index (Phi) is 6.21. The molecule has 0 radical (unpaired) electrons. The van der Waals surface area contributed by atoms with Gasteiger partial charge in [0.15, 0.2) is 0 Å². The van der Waals surface area contributed by atoms with Gasteiger partial charge in [0.25, 0.3) is 0 Å². The third-order valence-electron chi connectivity index (χ3n) is 4.77. The number of hydrogen-bond donors (Lipinski definition) is 2. The van der Waals surface area contributed by atoms with E-state index in [1.165, 1.54) is 0 Å². The Morgan fingerprint density at radius 2 is 1.85 bits per heavy atom. The summed E-state index contributed by atoms with van der Waals surface area (Å²) in [7, 11) is 1.75. The third-order valence-corrected chi connectivity index (χ3v) is 4.77. The lowest BCUT2D eigenvalue weighted by molar-refractivity contribution is -0.130. The lowest BCUT2D eigenvalue weighted by atomic mass is 10.1. The summed E-state index contributed by atoms with van der Waals surface area (Å²) in [5, 5.41) is 19.8. The van der Waals surface area contributed by atoms with Gasteiger partial charge < -0.3 is 19.7 Å². The van der Waals surface area contributed by atoms with Crippen molar-refractivity contribution in [1.82, 2.24) is 14.5 Å². The van der Waals surface area contributed by atoms with Gasteiger partial charge in [0.2, 0.25) is 5.91 Å². The fraction of sp³-hybridized carbons (Fsp3) is 0.333. The van der Waals surface area contributed by atoms with E-state index in [4.69, 9.17) is 0 Å². The van der Waals surface area contributed by atoms with E-state index in [0.717, 1.165) is 16.6 Å². The SMILES string of the molecule is CN(CC[C@H](O)c1ccccc1)C(=O)CCn1c(CO)nc2ccccc21. The van der Waals surface area contributed by atoms with Crippen LogP contribution < -0.4 is 0 Å². The zero-order valence-corrected chi connectivity index (χ0v) is 15.5. The molecular weight excluding hydrogens is 342 g/mol. The number of para-hydroxylation sites is 2. The van der Waals surface area contributed by atoms with Crippen LogP contribution in [-0.2, 0) is 17.9 Å². The molecule has 0 unspecified atom stereocenters. The van der Waals surface area contributed by atoms with E-state index in [1.807, 2.05) is 59.2 Å². The molecule has 6 heteroatoms. The minimum Gasteiger partial charge on any atom is -0.388 e. The van der Waals surface area contributed by atoms with E-state index >= 15 is 0 Å². The standard InChI is InChI=1S/C21H25N3O3/c1-23(13-11-19(26)16-7-3-2-4-8-16)21(27)12-14-24-18-10-6-5-9-17(18)22-20(24)15-25/h2-10,19,25-26H,11-15H2,1H3/t19-/m0/s1. The molecule has 0 aliphatic heterocycles. The minimum atomic E-state index is -0.583. The summed E-state index contributed by atoms with van der Waals surface area (Å²) in [6, 6.07) is 17.1. The quantitative estimate of drug-likeness (QED) is 0.641. The Bertz CT molecular complexity index is 892. The van der Waals surface area contributed by atoms with Crippen molar-refractivity contribution in [3.05, 3.63) is 66.0 Å². The number of aliphatic hydroxyl groups excluding tert-OH is 2. The second-order valence-electron chi connectivity index (χ2n) is 6.61. The van der Waals surface area contributed by atoms with Crippen LogP contribution in [0.2, 0.25) is 0 Å². The molecular formula is C21H25N3O3. The van der Waals surface area contributed by atoms with Gasteiger partial charge in [0.05, 0.1) is 17.1 Å². The summed E-state index contributed by atoms with van der Waals surface area (Å²) >= 11 is 0. The van der Waals surface area contributed by atoms with Crippen LogP contribution in [0.25, 0.3) is 11.0 Å². The van der Waals surface area contributed by atoms with E-state index in [1.54, 1.807) is 11.9 Å². The van der Waals surface area contributed by atoms with Crippen molar-refractivity contribution in [2.24, 2.45) is 0 Å². The van der Waals surface area contributed by atoms with Gasteiger partial charge in [-0.05, 0) is 24.1 Å². The first-order chi connectivity index (χ1) is 13.1. The Labute approximate surface area is 158 Å². The predicted octanol–water partition coefficient (Wildman–Crippen LogP) is 2.50. The maximum absolute atomic E-state index is 12.5. The van der Waals surface area contributed by atoms with Crippen molar-refractivity contribution < 1.29 is 15.0 Å². The van der Waals surface area contributed by atoms with Gasteiger partial charge >= 0.3 is 0 Å². The Morgan fingerprint density at radius 1 is 1.15 bits per heavy atom. The van der Waals surface area contributed by atoms with Gasteiger partial charge in [-0.15, -0.1) is 0 Å². The molecule has 1 amide bonds. The lowest BCUT2D eigenvalue weighted by Gasteiger charge is -2.20. The first-order valence-electron chi connectivity index (χ1n) is 9.12. The fourth-order valence-electron chi connectivity index (χ4n) is 3.18. The molecule has 2 N–H and O–H groups in total. The molecule has 1 atom stereocenters. The highest BCUT2D eigenvalue weighted by atomic mass is 16.3. The zero-order chi connectivity index (χ0) is 19.2. The number of benzene rings is 2. The number of aromatic nitrogens is 2. The van der Waals surface area contributed by atoms with Crippen LogP contribution in [0.5, 0.6) is 0 Å². The third kappa shape index (κ3) is 4.53. The summed E-state index contributed by atoms with van der Waals surface area (Å²) in [4.78, 5) is 18.5. The summed E-state index contributed by atoms with van der Waals surface area (Å²) in [5.41, 5.74) is 2.58. The number of aryl methyl sites for hydroxylation is 1. The molecule has 3 rings (SSSR count). The zero-order valence-electron chi connectivity index (χ0n) is 15.5. The van der Waals surface area contributed by atoms with Gasteiger partial charge in [0.1, 0.15) is 12.4 Å². The summed E-state index contributed by atoms with van der Waals surface area (Å²) in [6.45, 7) is 0.773. The molecule has 0 fully saturated rings. The molecule has 3 aromatic rings. The van der Waals surface area contributed by atoms with E-state index in [9.17, 15) is 15.0 Å². The van der Waals surface area contributed by atoms with E-state index < -0.39 is 6.10 Å². The molecule has 0 saturated carbocycles. The average molecular weight is 367 g/mol. The second kappa shape index (κ2) is 8.79. The van der Waals surface area contributed by atoms with Gasteiger partial charge in [-0.25, -0.2) is 4.98 Å². The van der Waals surface area contributed by atoms with Crippen molar-refractivity contribution in [1.29, 1.82) is 0 Å². The summed E-state index contributed by atoms with van der Waals surface area (Å²) in [6.07, 6.45) is 0.216. The largest absolute Gasteiger partial charge is 0.388 e. The molecule has 27 heavy (non-hydrogen) atoms. The highest BCUT2D eigenvalue weighted by Crippen LogP contribution is 2.18. The highest BCUT2D eigenvalue weighted by molar-refractivity contribution is 5.78.